The van der Waals surface area contributed by atoms with E-state index in [9.17, 15) is 4.79 Å². The molecule has 2 aromatic rings. The first-order valence-electron chi connectivity index (χ1n) is 8.70. The molecule has 1 atom stereocenters. The summed E-state index contributed by atoms with van der Waals surface area (Å²) in [5, 5.41) is 4.03. The van der Waals surface area contributed by atoms with Gasteiger partial charge in [0.05, 0.1) is 24.5 Å². The fourth-order valence-corrected chi connectivity index (χ4v) is 3.24. The van der Waals surface area contributed by atoms with Crippen LogP contribution in [0.4, 0.5) is 5.69 Å². The molecule has 6 heteroatoms. The van der Waals surface area contributed by atoms with Gasteiger partial charge < -0.3 is 18.9 Å². The minimum absolute atomic E-state index is 0.316. The van der Waals surface area contributed by atoms with Crippen LogP contribution in [0, 0.1) is 13.8 Å². The van der Waals surface area contributed by atoms with Crippen molar-refractivity contribution in [2.75, 3.05) is 24.6 Å². The largest absolute Gasteiger partial charge is 0.475 e. The Morgan fingerprint density at radius 3 is 2.80 bits per heavy atom. The molecule has 0 spiro atoms. The molecule has 1 aromatic carbocycles. The Hall–Kier alpha value is -2.50. The average molecular weight is 344 g/mol. The Bertz CT molecular complexity index is 749. The molecular formula is C19H24N2O4. The topological polar surface area (TPSA) is 64.8 Å². The summed E-state index contributed by atoms with van der Waals surface area (Å²) in [5.41, 5.74) is 3.89. The molecule has 1 aliphatic rings. The Labute approximate surface area is 147 Å². The molecule has 0 N–H and O–H groups in total. The molecule has 0 saturated heterocycles. The van der Waals surface area contributed by atoms with Crippen molar-refractivity contribution in [3.8, 4) is 16.9 Å². The highest BCUT2D eigenvalue weighted by atomic mass is 16.6. The standard InChI is InChI=1S/C19H24N2O4/c1-5-9-21-11-17(19(22)23-6-2)24-16-8-7-14(10-15(16)21)18-12(3)20-25-13(18)4/h7-8,10,17H,5-6,9,11H2,1-4H3. The highest BCUT2D eigenvalue weighted by Crippen LogP contribution is 2.38. The van der Waals surface area contributed by atoms with Gasteiger partial charge in [0.1, 0.15) is 11.5 Å². The first-order valence-corrected chi connectivity index (χ1v) is 8.70. The van der Waals surface area contributed by atoms with E-state index in [2.05, 4.69) is 23.0 Å². The number of aromatic nitrogens is 1. The Balaban J connectivity index is 1.97. The van der Waals surface area contributed by atoms with Crippen molar-refractivity contribution in [2.45, 2.75) is 40.2 Å². The van der Waals surface area contributed by atoms with Crippen molar-refractivity contribution in [2.24, 2.45) is 0 Å². The van der Waals surface area contributed by atoms with E-state index in [1.54, 1.807) is 6.92 Å². The van der Waals surface area contributed by atoms with Crippen LogP contribution < -0.4 is 9.64 Å². The van der Waals surface area contributed by atoms with Gasteiger partial charge >= 0.3 is 5.97 Å². The van der Waals surface area contributed by atoms with Gasteiger partial charge in [-0.05, 0) is 44.9 Å². The number of rotatable bonds is 5. The normalized spacial score (nSPS) is 16.3. The summed E-state index contributed by atoms with van der Waals surface area (Å²) in [6, 6.07) is 5.96. The number of benzene rings is 1. The van der Waals surface area contributed by atoms with Gasteiger partial charge in [-0.2, -0.15) is 0 Å². The van der Waals surface area contributed by atoms with Crippen LogP contribution in [0.15, 0.2) is 22.7 Å². The summed E-state index contributed by atoms with van der Waals surface area (Å²) in [7, 11) is 0. The molecule has 0 aliphatic carbocycles. The number of carbonyl (C=O) groups excluding carboxylic acids is 1. The first kappa shape index (κ1) is 17.3. The SMILES string of the molecule is CCCN1CC(C(=O)OCC)Oc2ccc(-c3c(C)noc3C)cc21. The molecule has 0 amide bonds. The van der Waals surface area contributed by atoms with Crippen molar-refractivity contribution >= 4 is 11.7 Å². The fourth-order valence-electron chi connectivity index (χ4n) is 3.24. The first-order chi connectivity index (χ1) is 12.0. The lowest BCUT2D eigenvalue weighted by Crippen LogP contribution is -2.45. The average Bonchev–Trinajstić information content (AvgIpc) is 2.93. The maximum absolute atomic E-state index is 12.1. The molecule has 25 heavy (non-hydrogen) atoms. The van der Waals surface area contributed by atoms with Gasteiger partial charge in [-0.1, -0.05) is 18.1 Å². The van der Waals surface area contributed by atoms with E-state index in [1.807, 2.05) is 26.0 Å². The molecule has 0 saturated carbocycles. The van der Waals surface area contributed by atoms with E-state index in [-0.39, 0.29) is 5.97 Å². The van der Waals surface area contributed by atoms with Gasteiger partial charge in [0.25, 0.3) is 0 Å². The maximum atomic E-state index is 12.1. The summed E-state index contributed by atoms with van der Waals surface area (Å²) >= 11 is 0. The predicted molar refractivity (Wildman–Crippen MR) is 95.0 cm³/mol. The fraction of sp³-hybridized carbons (Fsp3) is 0.474. The van der Waals surface area contributed by atoms with Crippen molar-refractivity contribution < 1.29 is 18.8 Å². The molecule has 2 heterocycles. The van der Waals surface area contributed by atoms with Gasteiger partial charge in [0, 0.05) is 12.1 Å². The van der Waals surface area contributed by atoms with E-state index < -0.39 is 6.10 Å². The number of carbonyl (C=O) groups is 1. The molecule has 6 nitrogen and oxygen atoms in total. The summed E-state index contributed by atoms with van der Waals surface area (Å²) in [5.74, 6) is 1.18. The van der Waals surface area contributed by atoms with Crippen molar-refractivity contribution in [3.63, 3.8) is 0 Å². The summed E-state index contributed by atoms with van der Waals surface area (Å²) in [4.78, 5) is 14.3. The zero-order valence-corrected chi connectivity index (χ0v) is 15.2. The van der Waals surface area contributed by atoms with Gasteiger partial charge in [0.15, 0.2) is 0 Å². The van der Waals surface area contributed by atoms with Crippen LogP contribution in [0.5, 0.6) is 5.75 Å². The number of nitrogens with zero attached hydrogens (tertiary/aromatic N) is 2. The summed E-state index contributed by atoms with van der Waals surface area (Å²) < 4.78 is 16.3. The van der Waals surface area contributed by atoms with E-state index in [0.29, 0.717) is 18.9 Å². The smallest absolute Gasteiger partial charge is 0.349 e. The monoisotopic (exact) mass is 344 g/mol. The van der Waals surface area contributed by atoms with E-state index in [0.717, 1.165) is 41.2 Å². The number of esters is 1. The van der Waals surface area contributed by atoms with E-state index >= 15 is 0 Å². The van der Waals surface area contributed by atoms with Crippen molar-refractivity contribution in [1.29, 1.82) is 0 Å². The van der Waals surface area contributed by atoms with E-state index in [1.165, 1.54) is 0 Å². The number of anilines is 1. The van der Waals surface area contributed by atoms with Crippen LogP contribution in [-0.4, -0.2) is 36.9 Å². The van der Waals surface area contributed by atoms with Crippen LogP contribution in [0.3, 0.4) is 0 Å². The zero-order chi connectivity index (χ0) is 18.0. The quantitative estimate of drug-likeness (QED) is 0.774. The number of fused-ring (bicyclic) bond motifs is 1. The lowest BCUT2D eigenvalue weighted by atomic mass is 10.0. The van der Waals surface area contributed by atoms with Gasteiger partial charge in [-0.3, -0.25) is 0 Å². The number of hydrogen-bond acceptors (Lipinski definition) is 6. The summed E-state index contributed by atoms with van der Waals surface area (Å²) in [6.45, 7) is 9.45. The Morgan fingerprint density at radius 1 is 1.36 bits per heavy atom. The highest BCUT2D eigenvalue weighted by molar-refractivity contribution is 5.80. The molecule has 1 aromatic heterocycles. The molecule has 3 rings (SSSR count). The van der Waals surface area contributed by atoms with Crippen molar-refractivity contribution in [3.05, 3.63) is 29.7 Å². The maximum Gasteiger partial charge on any atom is 0.349 e. The third-order valence-electron chi connectivity index (χ3n) is 4.32. The van der Waals surface area contributed by atoms with Crippen LogP contribution in [0.2, 0.25) is 0 Å². The molecule has 0 radical (unpaired) electrons. The predicted octanol–water partition coefficient (Wildman–Crippen LogP) is 3.50. The van der Waals surface area contributed by atoms with Gasteiger partial charge in [-0.25, -0.2) is 4.79 Å². The molecule has 1 aliphatic heterocycles. The minimum atomic E-state index is -0.594. The summed E-state index contributed by atoms with van der Waals surface area (Å²) in [6.07, 6.45) is 0.383. The van der Waals surface area contributed by atoms with E-state index in [4.69, 9.17) is 14.0 Å². The second-order valence-corrected chi connectivity index (χ2v) is 6.19. The minimum Gasteiger partial charge on any atom is -0.475 e. The van der Waals surface area contributed by atoms with Crippen LogP contribution in [-0.2, 0) is 9.53 Å². The van der Waals surface area contributed by atoms with Crippen LogP contribution in [0.25, 0.3) is 11.1 Å². The lowest BCUT2D eigenvalue weighted by molar-refractivity contribution is -0.151. The lowest BCUT2D eigenvalue weighted by Gasteiger charge is -2.35. The third-order valence-corrected chi connectivity index (χ3v) is 4.32. The van der Waals surface area contributed by atoms with Gasteiger partial charge in [0.2, 0.25) is 6.10 Å². The number of ether oxygens (including phenoxy) is 2. The number of aryl methyl sites for hydroxylation is 2. The van der Waals surface area contributed by atoms with Crippen molar-refractivity contribution in [1.82, 2.24) is 5.16 Å². The molecule has 0 bridgehead atoms. The second-order valence-electron chi connectivity index (χ2n) is 6.19. The van der Waals surface area contributed by atoms with Crippen LogP contribution >= 0.6 is 0 Å². The molecule has 134 valence electrons. The molecular weight excluding hydrogens is 320 g/mol. The van der Waals surface area contributed by atoms with Gasteiger partial charge in [-0.15, -0.1) is 0 Å². The molecule has 0 fully saturated rings. The molecule has 1 unspecified atom stereocenters. The Morgan fingerprint density at radius 2 is 2.16 bits per heavy atom. The number of hydrogen-bond donors (Lipinski definition) is 0. The zero-order valence-electron chi connectivity index (χ0n) is 15.2. The highest BCUT2D eigenvalue weighted by Gasteiger charge is 2.32. The third kappa shape index (κ3) is 3.34. The Kier molecular flexibility index (Phi) is 4.97. The van der Waals surface area contributed by atoms with Crippen LogP contribution in [0.1, 0.15) is 31.7 Å². The second kappa shape index (κ2) is 7.17.